The molecule has 0 amide bonds. The van der Waals surface area contributed by atoms with Crippen LogP contribution in [0, 0.1) is 5.82 Å². The van der Waals surface area contributed by atoms with E-state index < -0.39 is 15.7 Å². The van der Waals surface area contributed by atoms with Crippen molar-refractivity contribution in [1.29, 1.82) is 0 Å². The zero-order valence-electron chi connectivity index (χ0n) is 10.4. The van der Waals surface area contributed by atoms with Crippen LogP contribution in [0.4, 0.5) is 4.39 Å². The normalized spacial score (nSPS) is 11.5. The first-order valence-corrected chi connectivity index (χ1v) is 7.61. The molecule has 0 radical (unpaired) electrons. The Morgan fingerprint density at radius 1 is 1.28 bits per heavy atom. The Morgan fingerprint density at radius 2 is 2.00 bits per heavy atom. The zero-order valence-corrected chi connectivity index (χ0v) is 11.2. The molecule has 0 saturated carbocycles. The third kappa shape index (κ3) is 5.01. The molecule has 6 heteroatoms. The van der Waals surface area contributed by atoms with Crippen LogP contribution in [0.15, 0.2) is 18.2 Å². The van der Waals surface area contributed by atoms with E-state index in [0.717, 1.165) is 0 Å². The van der Waals surface area contributed by atoms with E-state index >= 15 is 0 Å². The quantitative estimate of drug-likeness (QED) is 0.818. The second-order valence-electron chi connectivity index (χ2n) is 4.00. The van der Waals surface area contributed by atoms with E-state index in [4.69, 9.17) is 10.5 Å². The molecule has 1 aromatic rings. The first-order chi connectivity index (χ1) is 8.46. The van der Waals surface area contributed by atoms with Gasteiger partial charge in [-0.15, -0.1) is 0 Å². The maximum Gasteiger partial charge on any atom is 0.153 e. The van der Waals surface area contributed by atoms with Gasteiger partial charge in [-0.1, -0.05) is 6.92 Å². The standard InChI is InChI=1S/C12H18FNO3S/c1-2-4-18(15,16)5-3-17-12-7-10(9-14)6-11(13)8-12/h6-8H,2-5,9,14H2,1H3. The number of hydrogen-bond donors (Lipinski definition) is 1. The van der Waals surface area contributed by atoms with E-state index in [1.54, 1.807) is 13.0 Å². The SMILES string of the molecule is CCCS(=O)(=O)CCOc1cc(F)cc(CN)c1. The Balaban J connectivity index is 2.56. The smallest absolute Gasteiger partial charge is 0.153 e. The average Bonchev–Trinajstić information content (AvgIpc) is 2.27. The van der Waals surface area contributed by atoms with Gasteiger partial charge in [0.05, 0.1) is 11.5 Å². The maximum atomic E-state index is 13.1. The Hall–Kier alpha value is -1.14. The van der Waals surface area contributed by atoms with E-state index in [2.05, 4.69) is 0 Å². The van der Waals surface area contributed by atoms with Crippen LogP contribution in [-0.2, 0) is 16.4 Å². The lowest BCUT2D eigenvalue weighted by atomic mass is 10.2. The lowest BCUT2D eigenvalue weighted by Crippen LogP contribution is -2.16. The van der Waals surface area contributed by atoms with Crippen LogP contribution in [0.1, 0.15) is 18.9 Å². The lowest BCUT2D eigenvalue weighted by molar-refractivity contribution is 0.338. The summed E-state index contributed by atoms with van der Waals surface area (Å²) < 4.78 is 41.3. The topological polar surface area (TPSA) is 69.4 Å². The molecule has 0 bridgehead atoms. The predicted molar refractivity (Wildman–Crippen MR) is 68.7 cm³/mol. The predicted octanol–water partition coefficient (Wildman–Crippen LogP) is 1.49. The minimum atomic E-state index is -3.07. The highest BCUT2D eigenvalue weighted by Crippen LogP contribution is 2.16. The van der Waals surface area contributed by atoms with Gasteiger partial charge in [-0.05, 0) is 24.1 Å². The van der Waals surface area contributed by atoms with Crippen molar-refractivity contribution in [3.05, 3.63) is 29.6 Å². The van der Waals surface area contributed by atoms with Crippen LogP contribution in [0.5, 0.6) is 5.75 Å². The summed E-state index contributed by atoms with van der Waals surface area (Å²) in [5.41, 5.74) is 6.02. The Kier molecular flexibility index (Phi) is 5.55. The van der Waals surface area contributed by atoms with Crippen LogP contribution in [0.2, 0.25) is 0 Å². The highest BCUT2D eigenvalue weighted by atomic mass is 32.2. The first kappa shape index (κ1) is 14.9. The lowest BCUT2D eigenvalue weighted by Gasteiger charge is -2.08. The molecule has 4 nitrogen and oxygen atoms in total. The van der Waals surface area contributed by atoms with Crippen molar-refractivity contribution in [3.63, 3.8) is 0 Å². The van der Waals surface area contributed by atoms with Crippen molar-refractivity contribution < 1.29 is 17.5 Å². The number of nitrogens with two attached hydrogens (primary N) is 1. The van der Waals surface area contributed by atoms with Gasteiger partial charge in [0.15, 0.2) is 9.84 Å². The summed E-state index contributed by atoms with van der Waals surface area (Å²) in [5.74, 6) is -0.0467. The molecule has 2 N–H and O–H groups in total. The summed E-state index contributed by atoms with van der Waals surface area (Å²) in [6.07, 6.45) is 0.583. The van der Waals surface area contributed by atoms with E-state index in [0.29, 0.717) is 17.7 Å². The van der Waals surface area contributed by atoms with Gasteiger partial charge >= 0.3 is 0 Å². The molecule has 0 unspecified atom stereocenters. The van der Waals surface area contributed by atoms with Crippen molar-refractivity contribution in [2.45, 2.75) is 19.9 Å². The van der Waals surface area contributed by atoms with Gasteiger partial charge in [0.25, 0.3) is 0 Å². The molecule has 1 aromatic carbocycles. The van der Waals surface area contributed by atoms with Gasteiger partial charge in [-0.2, -0.15) is 0 Å². The Labute approximate surface area is 107 Å². The summed E-state index contributed by atoms with van der Waals surface area (Å²) in [6.45, 7) is 2.04. The van der Waals surface area contributed by atoms with Crippen LogP contribution in [0.3, 0.4) is 0 Å². The van der Waals surface area contributed by atoms with Crippen molar-refractivity contribution >= 4 is 9.84 Å². The number of ether oxygens (including phenoxy) is 1. The van der Waals surface area contributed by atoms with Gasteiger partial charge in [-0.3, -0.25) is 0 Å². The van der Waals surface area contributed by atoms with E-state index in [-0.39, 0.29) is 24.7 Å². The van der Waals surface area contributed by atoms with Crippen LogP contribution < -0.4 is 10.5 Å². The molecule has 1 rings (SSSR count). The maximum absolute atomic E-state index is 13.1. The fourth-order valence-corrected chi connectivity index (χ4v) is 2.68. The number of rotatable bonds is 7. The molecule has 0 atom stereocenters. The second-order valence-corrected chi connectivity index (χ2v) is 6.30. The number of benzene rings is 1. The van der Waals surface area contributed by atoms with Gasteiger partial charge < -0.3 is 10.5 Å². The fraction of sp³-hybridized carbons (Fsp3) is 0.500. The zero-order chi connectivity index (χ0) is 13.6. The van der Waals surface area contributed by atoms with E-state index in [1.165, 1.54) is 12.1 Å². The van der Waals surface area contributed by atoms with Crippen LogP contribution in [-0.4, -0.2) is 26.5 Å². The third-order valence-corrected chi connectivity index (χ3v) is 4.16. The molecule has 0 spiro atoms. The van der Waals surface area contributed by atoms with Gasteiger partial charge in [0.2, 0.25) is 0 Å². The molecular weight excluding hydrogens is 257 g/mol. The van der Waals surface area contributed by atoms with Crippen LogP contribution in [0.25, 0.3) is 0 Å². The molecule has 102 valence electrons. The summed E-state index contributed by atoms with van der Waals surface area (Å²) >= 11 is 0. The summed E-state index contributed by atoms with van der Waals surface area (Å²) in [4.78, 5) is 0. The highest BCUT2D eigenvalue weighted by molar-refractivity contribution is 7.91. The highest BCUT2D eigenvalue weighted by Gasteiger charge is 2.09. The number of sulfone groups is 1. The van der Waals surface area contributed by atoms with Gasteiger partial charge in [0.1, 0.15) is 18.2 Å². The van der Waals surface area contributed by atoms with E-state index in [1.807, 2.05) is 0 Å². The molecule has 0 aliphatic carbocycles. The number of hydrogen-bond acceptors (Lipinski definition) is 4. The Morgan fingerprint density at radius 3 is 2.61 bits per heavy atom. The molecular formula is C12H18FNO3S. The van der Waals surface area contributed by atoms with E-state index in [9.17, 15) is 12.8 Å². The molecule has 0 aliphatic rings. The molecule has 0 saturated heterocycles. The van der Waals surface area contributed by atoms with Gasteiger partial charge in [-0.25, -0.2) is 12.8 Å². The number of halogens is 1. The van der Waals surface area contributed by atoms with Crippen molar-refractivity contribution in [2.24, 2.45) is 5.73 Å². The minimum Gasteiger partial charge on any atom is -0.492 e. The third-order valence-electron chi connectivity index (χ3n) is 2.34. The Bertz CT molecular complexity index is 488. The van der Waals surface area contributed by atoms with Crippen molar-refractivity contribution in [3.8, 4) is 5.75 Å². The average molecular weight is 275 g/mol. The molecule has 0 aliphatic heterocycles. The van der Waals surface area contributed by atoms with Gasteiger partial charge in [0, 0.05) is 12.6 Å². The first-order valence-electron chi connectivity index (χ1n) is 5.79. The van der Waals surface area contributed by atoms with Crippen molar-refractivity contribution in [1.82, 2.24) is 0 Å². The molecule has 0 heterocycles. The molecule has 18 heavy (non-hydrogen) atoms. The largest absolute Gasteiger partial charge is 0.492 e. The van der Waals surface area contributed by atoms with Crippen molar-refractivity contribution in [2.75, 3.05) is 18.1 Å². The minimum absolute atomic E-state index is 0.0236. The van der Waals surface area contributed by atoms with Crippen LogP contribution >= 0.6 is 0 Å². The second kappa shape index (κ2) is 6.70. The molecule has 0 fully saturated rings. The summed E-state index contributed by atoms with van der Waals surface area (Å²) in [7, 11) is -3.07. The summed E-state index contributed by atoms with van der Waals surface area (Å²) in [5, 5.41) is 0. The summed E-state index contributed by atoms with van der Waals surface area (Å²) in [6, 6.07) is 4.14. The fourth-order valence-electron chi connectivity index (χ4n) is 1.52. The monoisotopic (exact) mass is 275 g/mol. The molecule has 0 aromatic heterocycles.